The summed E-state index contributed by atoms with van der Waals surface area (Å²) in [5.74, 6) is 0.0790. The first-order valence-electron chi connectivity index (χ1n) is 9.61. The minimum atomic E-state index is -0.291. The highest BCUT2D eigenvalue weighted by Gasteiger charge is 2.25. The number of carbonyl (C=O) groups is 1. The van der Waals surface area contributed by atoms with E-state index in [2.05, 4.69) is 10.2 Å². The maximum Gasteiger partial charge on any atom is 0.236 e. The predicted octanol–water partition coefficient (Wildman–Crippen LogP) is 3.55. The van der Waals surface area contributed by atoms with Crippen molar-refractivity contribution in [3.8, 4) is 22.5 Å². The molecule has 0 spiro atoms. The van der Waals surface area contributed by atoms with Gasteiger partial charge in [0, 0.05) is 24.2 Å². The maximum absolute atomic E-state index is 12.7. The summed E-state index contributed by atoms with van der Waals surface area (Å²) in [4.78, 5) is 19.3. The van der Waals surface area contributed by atoms with Crippen molar-refractivity contribution in [2.75, 3.05) is 26.3 Å². The topological polar surface area (TPSA) is 68.2 Å². The summed E-state index contributed by atoms with van der Waals surface area (Å²) in [6.07, 6.45) is 0. The van der Waals surface area contributed by atoms with Crippen molar-refractivity contribution in [3.63, 3.8) is 0 Å². The van der Waals surface area contributed by atoms with Crippen molar-refractivity contribution in [3.05, 3.63) is 60.7 Å². The lowest BCUT2D eigenvalue weighted by molar-refractivity contribution is -0.134. The minimum Gasteiger partial charge on any atom is -0.378 e. The molecule has 1 aliphatic heterocycles. The fourth-order valence-electron chi connectivity index (χ4n) is 3.20. The Balaban J connectivity index is 1.62. The number of amides is 1. The second kappa shape index (κ2) is 9.15. The van der Waals surface area contributed by atoms with Crippen LogP contribution in [0.4, 0.5) is 0 Å². The average molecular weight is 407 g/mol. The molecule has 1 atom stereocenters. The van der Waals surface area contributed by atoms with Crippen molar-refractivity contribution < 1.29 is 9.53 Å². The molecule has 4 rings (SSSR count). The number of benzene rings is 2. The summed E-state index contributed by atoms with van der Waals surface area (Å²) < 4.78 is 5.33. The standard InChI is InChI=1S/C22H22N4O2S/c1-16(21(27)26-12-14-28-15-13-26)29-22-23-19(17-8-4-2-5-9-17)20(24-25-22)18-10-6-3-7-11-18/h2-11,16H,12-15H2,1H3. The van der Waals surface area contributed by atoms with Crippen LogP contribution in [0.15, 0.2) is 65.8 Å². The van der Waals surface area contributed by atoms with E-state index in [1.165, 1.54) is 11.8 Å². The van der Waals surface area contributed by atoms with Gasteiger partial charge in [0.1, 0.15) is 11.4 Å². The molecule has 2 heterocycles. The molecular formula is C22H22N4O2S. The molecule has 1 aromatic heterocycles. The van der Waals surface area contributed by atoms with Crippen LogP contribution in [0.5, 0.6) is 0 Å². The van der Waals surface area contributed by atoms with E-state index in [4.69, 9.17) is 9.72 Å². The molecule has 1 fully saturated rings. The monoisotopic (exact) mass is 406 g/mol. The highest BCUT2D eigenvalue weighted by molar-refractivity contribution is 8.00. The van der Waals surface area contributed by atoms with Crippen LogP contribution in [0.2, 0.25) is 0 Å². The van der Waals surface area contributed by atoms with E-state index in [0.29, 0.717) is 31.5 Å². The molecule has 29 heavy (non-hydrogen) atoms. The SMILES string of the molecule is CC(Sc1nnc(-c2ccccc2)c(-c2ccccc2)n1)C(=O)N1CCOCC1. The number of thioether (sulfide) groups is 1. The van der Waals surface area contributed by atoms with Gasteiger partial charge in [-0.25, -0.2) is 4.98 Å². The Hall–Kier alpha value is -2.77. The molecule has 0 radical (unpaired) electrons. The van der Waals surface area contributed by atoms with Gasteiger partial charge in [0.15, 0.2) is 0 Å². The summed E-state index contributed by atoms with van der Waals surface area (Å²) in [5, 5.41) is 8.99. The highest BCUT2D eigenvalue weighted by atomic mass is 32.2. The van der Waals surface area contributed by atoms with Gasteiger partial charge in [0.25, 0.3) is 0 Å². The predicted molar refractivity (Wildman–Crippen MR) is 113 cm³/mol. The van der Waals surface area contributed by atoms with E-state index >= 15 is 0 Å². The second-order valence-electron chi connectivity index (χ2n) is 6.72. The Morgan fingerprint density at radius 1 is 0.931 bits per heavy atom. The van der Waals surface area contributed by atoms with Crippen LogP contribution < -0.4 is 0 Å². The largest absolute Gasteiger partial charge is 0.378 e. The zero-order chi connectivity index (χ0) is 20.1. The van der Waals surface area contributed by atoms with Gasteiger partial charge in [-0.1, -0.05) is 72.4 Å². The molecular weight excluding hydrogens is 384 g/mol. The van der Waals surface area contributed by atoms with Gasteiger partial charge in [-0.3, -0.25) is 4.79 Å². The number of morpholine rings is 1. The Kier molecular flexibility index (Phi) is 6.17. The minimum absolute atomic E-state index is 0.0790. The Morgan fingerprint density at radius 2 is 1.52 bits per heavy atom. The van der Waals surface area contributed by atoms with Crippen molar-refractivity contribution in [2.24, 2.45) is 0 Å². The zero-order valence-corrected chi connectivity index (χ0v) is 17.0. The van der Waals surface area contributed by atoms with Gasteiger partial charge >= 0.3 is 0 Å². The van der Waals surface area contributed by atoms with E-state index in [1.54, 1.807) is 0 Å². The molecule has 1 amide bonds. The first-order chi connectivity index (χ1) is 14.2. The Labute approximate surface area is 174 Å². The van der Waals surface area contributed by atoms with Crippen LogP contribution in [0.3, 0.4) is 0 Å². The van der Waals surface area contributed by atoms with Crippen molar-refractivity contribution in [1.82, 2.24) is 20.1 Å². The fraction of sp³-hybridized carbons (Fsp3) is 0.273. The number of hydrogen-bond acceptors (Lipinski definition) is 6. The molecule has 7 heteroatoms. The molecule has 3 aromatic rings. The second-order valence-corrected chi connectivity index (χ2v) is 8.03. The van der Waals surface area contributed by atoms with E-state index in [0.717, 1.165) is 22.5 Å². The maximum atomic E-state index is 12.7. The van der Waals surface area contributed by atoms with Crippen LogP contribution in [0, 0.1) is 0 Å². The van der Waals surface area contributed by atoms with E-state index in [-0.39, 0.29) is 11.2 Å². The number of nitrogens with zero attached hydrogens (tertiary/aromatic N) is 4. The van der Waals surface area contributed by atoms with Crippen LogP contribution in [-0.2, 0) is 9.53 Å². The van der Waals surface area contributed by atoms with Crippen LogP contribution in [-0.4, -0.2) is 57.5 Å². The summed E-state index contributed by atoms with van der Waals surface area (Å²) in [6.45, 7) is 4.32. The van der Waals surface area contributed by atoms with Crippen molar-refractivity contribution in [2.45, 2.75) is 17.3 Å². The number of carbonyl (C=O) groups excluding carboxylic acids is 1. The number of aromatic nitrogens is 3. The van der Waals surface area contributed by atoms with E-state index in [9.17, 15) is 4.79 Å². The molecule has 1 saturated heterocycles. The highest BCUT2D eigenvalue weighted by Crippen LogP contribution is 2.30. The summed E-state index contributed by atoms with van der Waals surface area (Å²) in [5.41, 5.74) is 3.42. The normalized spacial score (nSPS) is 15.1. The van der Waals surface area contributed by atoms with Crippen molar-refractivity contribution >= 4 is 17.7 Å². The molecule has 0 N–H and O–H groups in total. The van der Waals surface area contributed by atoms with Crippen molar-refractivity contribution in [1.29, 1.82) is 0 Å². The smallest absolute Gasteiger partial charge is 0.236 e. The molecule has 2 aromatic carbocycles. The molecule has 6 nitrogen and oxygen atoms in total. The van der Waals surface area contributed by atoms with Gasteiger partial charge in [-0.15, -0.1) is 10.2 Å². The van der Waals surface area contributed by atoms with Crippen LogP contribution >= 0.6 is 11.8 Å². The lowest BCUT2D eigenvalue weighted by atomic mass is 10.0. The number of rotatable bonds is 5. The molecule has 1 unspecified atom stereocenters. The Bertz CT molecular complexity index is 963. The third-order valence-corrected chi connectivity index (χ3v) is 5.65. The van der Waals surface area contributed by atoms with E-state index < -0.39 is 0 Å². The molecule has 148 valence electrons. The van der Waals surface area contributed by atoms with Gasteiger partial charge < -0.3 is 9.64 Å². The molecule has 0 aliphatic carbocycles. The number of ether oxygens (including phenoxy) is 1. The molecule has 1 aliphatic rings. The summed E-state index contributed by atoms with van der Waals surface area (Å²) >= 11 is 1.34. The zero-order valence-electron chi connectivity index (χ0n) is 16.2. The van der Waals surface area contributed by atoms with E-state index in [1.807, 2.05) is 72.5 Å². The first-order valence-corrected chi connectivity index (χ1v) is 10.5. The van der Waals surface area contributed by atoms with Crippen LogP contribution in [0.25, 0.3) is 22.5 Å². The van der Waals surface area contributed by atoms with Gasteiger partial charge in [0.2, 0.25) is 11.1 Å². The Morgan fingerprint density at radius 3 is 2.14 bits per heavy atom. The molecule has 0 bridgehead atoms. The third-order valence-electron chi connectivity index (χ3n) is 4.71. The molecule has 0 saturated carbocycles. The van der Waals surface area contributed by atoms with Gasteiger partial charge in [-0.05, 0) is 6.92 Å². The first kappa shape index (κ1) is 19.5. The lowest BCUT2D eigenvalue weighted by Gasteiger charge is -2.28. The van der Waals surface area contributed by atoms with Gasteiger partial charge in [-0.2, -0.15) is 0 Å². The third kappa shape index (κ3) is 4.63. The fourth-order valence-corrected chi connectivity index (χ4v) is 4.00. The summed E-state index contributed by atoms with van der Waals surface area (Å²) in [6, 6.07) is 19.8. The van der Waals surface area contributed by atoms with Gasteiger partial charge in [0.05, 0.1) is 18.5 Å². The lowest BCUT2D eigenvalue weighted by Crippen LogP contribution is -2.44. The quantitative estimate of drug-likeness (QED) is 0.604. The number of hydrogen-bond donors (Lipinski definition) is 0. The summed E-state index contributed by atoms with van der Waals surface area (Å²) in [7, 11) is 0. The van der Waals surface area contributed by atoms with Crippen LogP contribution in [0.1, 0.15) is 6.92 Å². The average Bonchev–Trinajstić information content (AvgIpc) is 2.80.